The highest BCUT2D eigenvalue weighted by Gasteiger charge is 2.21. The van der Waals surface area contributed by atoms with Crippen LogP contribution in [0.15, 0.2) is 30.5 Å². The van der Waals surface area contributed by atoms with Gasteiger partial charge in [-0.2, -0.15) is 0 Å². The molecule has 3 nitrogen and oxygen atoms in total. The number of nitrogens with one attached hydrogen (secondary N) is 1. The van der Waals surface area contributed by atoms with Crippen LogP contribution in [-0.4, -0.2) is 11.0 Å². The highest BCUT2D eigenvalue weighted by molar-refractivity contribution is 5.34. The smallest absolute Gasteiger partial charge is 0.223 e. The lowest BCUT2D eigenvalue weighted by molar-refractivity contribution is 0.444. The third-order valence-corrected chi connectivity index (χ3v) is 3.41. The van der Waals surface area contributed by atoms with Gasteiger partial charge in [-0.05, 0) is 37.5 Å². The Labute approximate surface area is 122 Å². The Kier molecular flexibility index (Phi) is 3.84. The Morgan fingerprint density at radius 1 is 1.29 bits per heavy atom. The Hall–Kier alpha value is -2.01. The fourth-order valence-corrected chi connectivity index (χ4v) is 1.98. The summed E-state index contributed by atoms with van der Waals surface area (Å²) in [4.78, 5) is 3.96. The molecule has 0 spiro atoms. The molecule has 1 fully saturated rings. The normalized spacial score (nSPS) is 14.2. The van der Waals surface area contributed by atoms with Crippen LogP contribution >= 0.6 is 0 Å². The number of rotatable bonds is 5. The Bertz CT molecular complexity index is 657. The zero-order valence-electron chi connectivity index (χ0n) is 11.7. The van der Waals surface area contributed by atoms with E-state index >= 15 is 0 Å². The van der Waals surface area contributed by atoms with Gasteiger partial charge >= 0.3 is 0 Å². The van der Waals surface area contributed by atoms with Crippen molar-refractivity contribution in [2.45, 2.75) is 32.4 Å². The van der Waals surface area contributed by atoms with Crippen molar-refractivity contribution < 1.29 is 13.5 Å². The van der Waals surface area contributed by atoms with Gasteiger partial charge in [0.1, 0.15) is 17.4 Å². The molecule has 1 aliphatic carbocycles. The number of halogens is 2. The first-order valence-electron chi connectivity index (χ1n) is 6.93. The molecule has 2 aromatic rings. The first-order chi connectivity index (χ1) is 10.1. The Balaban J connectivity index is 1.80. The van der Waals surface area contributed by atoms with Gasteiger partial charge in [-0.1, -0.05) is 6.07 Å². The second kappa shape index (κ2) is 5.77. The molecule has 0 amide bonds. The van der Waals surface area contributed by atoms with Gasteiger partial charge in [0, 0.05) is 24.2 Å². The molecule has 0 radical (unpaired) electrons. The molecule has 0 unspecified atom stereocenters. The van der Waals surface area contributed by atoms with Crippen molar-refractivity contribution in [2.75, 3.05) is 0 Å². The van der Waals surface area contributed by atoms with E-state index in [1.165, 1.54) is 12.1 Å². The monoisotopic (exact) mass is 290 g/mol. The molecule has 1 saturated carbocycles. The maximum Gasteiger partial charge on any atom is 0.223 e. The zero-order chi connectivity index (χ0) is 14.8. The van der Waals surface area contributed by atoms with Gasteiger partial charge < -0.3 is 10.1 Å². The maximum absolute atomic E-state index is 13.5. The topological polar surface area (TPSA) is 34.1 Å². The minimum atomic E-state index is -0.412. The summed E-state index contributed by atoms with van der Waals surface area (Å²) < 4.78 is 32.5. The molecule has 5 heteroatoms. The largest absolute Gasteiger partial charge is 0.439 e. The first kappa shape index (κ1) is 13.9. The third kappa shape index (κ3) is 3.55. The molecule has 1 heterocycles. The molecule has 1 aliphatic rings. The summed E-state index contributed by atoms with van der Waals surface area (Å²) in [7, 11) is 0. The van der Waals surface area contributed by atoms with Crippen molar-refractivity contribution >= 4 is 0 Å². The van der Waals surface area contributed by atoms with E-state index in [0.717, 1.165) is 19.0 Å². The number of nitrogens with zero attached hydrogens (tertiary/aromatic N) is 1. The molecule has 3 rings (SSSR count). The van der Waals surface area contributed by atoms with Crippen LogP contribution in [0.3, 0.4) is 0 Å². The van der Waals surface area contributed by atoms with Crippen molar-refractivity contribution in [1.82, 2.24) is 10.3 Å². The minimum Gasteiger partial charge on any atom is -0.439 e. The average molecular weight is 290 g/mol. The first-order valence-corrected chi connectivity index (χ1v) is 6.93. The molecule has 0 atom stereocenters. The number of pyridine rings is 1. The van der Waals surface area contributed by atoms with Gasteiger partial charge in [-0.3, -0.25) is 0 Å². The van der Waals surface area contributed by atoms with Crippen molar-refractivity contribution in [3.05, 3.63) is 53.2 Å². The SMILES string of the molecule is Cc1ccc(Oc2ncc(F)cc2CNC2CC2)cc1F. The summed E-state index contributed by atoms with van der Waals surface area (Å²) in [6, 6.07) is 6.50. The second-order valence-electron chi connectivity index (χ2n) is 5.29. The van der Waals surface area contributed by atoms with Crippen LogP contribution in [0.5, 0.6) is 11.6 Å². The average Bonchev–Trinajstić information content (AvgIpc) is 3.27. The van der Waals surface area contributed by atoms with E-state index in [4.69, 9.17) is 4.74 Å². The van der Waals surface area contributed by atoms with E-state index in [2.05, 4.69) is 10.3 Å². The Morgan fingerprint density at radius 2 is 2.10 bits per heavy atom. The fraction of sp³-hybridized carbons (Fsp3) is 0.312. The second-order valence-corrected chi connectivity index (χ2v) is 5.29. The predicted octanol–water partition coefficient (Wildman–Crippen LogP) is 3.71. The predicted molar refractivity (Wildman–Crippen MR) is 75.3 cm³/mol. The Morgan fingerprint density at radius 3 is 2.81 bits per heavy atom. The summed E-state index contributed by atoms with van der Waals surface area (Å²) in [5.74, 6) is -0.102. The van der Waals surface area contributed by atoms with E-state index in [1.807, 2.05) is 0 Å². The van der Waals surface area contributed by atoms with Crippen LogP contribution in [0, 0.1) is 18.6 Å². The van der Waals surface area contributed by atoms with Gasteiger partial charge in [0.05, 0.1) is 6.20 Å². The molecular weight excluding hydrogens is 274 g/mol. The molecule has 0 saturated heterocycles. The molecule has 0 bridgehead atoms. The van der Waals surface area contributed by atoms with Crippen molar-refractivity contribution in [3.63, 3.8) is 0 Å². The van der Waals surface area contributed by atoms with Gasteiger partial charge in [0.25, 0.3) is 0 Å². The fourth-order valence-electron chi connectivity index (χ4n) is 1.98. The molecular formula is C16H16F2N2O. The van der Waals surface area contributed by atoms with Crippen LogP contribution in [0.2, 0.25) is 0 Å². The molecule has 1 N–H and O–H groups in total. The summed E-state index contributed by atoms with van der Waals surface area (Å²) in [6.07, 6.45) is 3.38. The molecule has 110 valence electrons. The lowest BCUT2D eigenvalue weighted by Crippen LogP contribution is -2.16. The number of ether oxygens (including phenoxy) is 1. The minimum absolute atomic E-state index is 0.299. The highest BCUT2D eigenvalue weighted by atomic mass is 19.1. The van der Waals surface area contributed by atoms with Crippen molar-refractivity contribution in [2.24, 2.45) is 0 Å². The maximum atomic E-state index is 13.5. The summed E-state index contributed by atoms with van der Waals surface area (Å²) >= 11 is 0. The summed E-state index contributed by atoms with van der Waals surface area (Å²) in [5.41, 5.74) is 1.17. The van der Waals surface area contributed by atoms with E-state index in [0.29, 0.717) is 35.3 Å². The van der Waals surface area contributed by atoms with Gasteiger partial charge in [-0.25, -0.2) is 13.8 Å². The van der Waals surface area contributed by atoms with E-state index in [1.54, 1.807) is 19.1 Å². The van der Waals surface area contributed by atoms with Crippen LogP contribution < -0.4 is 10.1 Å². The number of aromatic nitrogens is 1. The van der Waals surface area contributed by atoms with Crippen molar-refractivity contribution in [3.8, 4) is 11.6 Å². The van der Waals surface area contributed by atoms with Gasteiger partial charge in [0.15, 0.2) is 0 Å². The summed E-state index contributed by atoms with van der Waals surface area (Å²) in [6.45, 7) is 2.17. The molecule has 1 aromatic carbocycles. The van der Waals surface area contributed by atoms with E-state index < -0.39 is 5.82 Å². The molecule has 1 aromatic heterocycles. The number of hydrogen-bond donors (Lipinski definition) is 1. The summed E-state index contributed by atoms with van der Waals surface area (Å²) in [5, 5.41) is 3.29. The number of hydrogen-bond acceptors (Lipinski definition) is 3. The quantitative estimate of drug-likeness (QED) is 0.911. The van der Waals surface area contributed by atoms with E-state index in [-0.39, 0.29) is 5.82 Å². The van der Waals surface area contributed by atoms with Crippen molar-refractivity contribution in [1.29, 1.82) is 0 Å². The van der Waals surface area contributed by atoms with Gasteiger partial charge in [0.2, 0.25) is 5.88 Å². The zero-order valence-corrected chi connectivity index (χ0v) is 11.7. The number of benzene rings is 1. The lowest BCUT2D eigenvalue weighted by Gasteiger charge is -2.11. The molecule has 21 heavy (non-hydrogen) atoms. The number of aryl methyl sites for hydroxylation is 1. The lowest BCUT2D eigenvalue weighted by atomic mass is 10.2. The highest BCUT2D eigenvalue weighted by Crippen LogP contribution is 2.26. The van der Waals surface area contributed by atoms with E-state index in [9.17, 15) is 8.78 Å². The standard InChI is InChI=1S/C16H16F2N2O/c1-10-2-5-14(7-15(10)18)21-16-11(6-12(17)9-20-16)8-19-13-3-4-13/h2,5-7,9,13,19H,3-4,8H2,1H3. The van der Waals surface area contributed by atoms with Crippen LogP contribution in [0.4, 0.5) is 8.78 Å². The van der Waals surface area contributed by atoms with Crippen LogP contribution in [0.25, 0.3) is 0 Å². The van der Waals surface area contributed by atoms with Crippen LogP contribution in [-0.2, 0) is 6.54 Å². The van der Waals surface area contributed by atoms with Gasteiger partial charge in [-0.15, -0.1) is 0 Å². The third-order valence-electron chi connectivity index (χ3n) is 3.41. The van der Waals surface area contributed by atoms with Crippen LogP contribution in [0.1, 0.15) is 24.0 Å². The molecule has 0 aliphatic heterocycles.